The Hall–Kier alpha value is -4.60. The molecule has 0 saturated heterocycles. The molecule has 9 nitrogen and oxygen atoms in total. The standard InChI is InChI=1S/C24H20FN7O2/c25-16-6-8-17(9-7-16)32-21(23(26)33)11-19(30-32)24(34)28-13-15-5-10-22(27-12-15)31-14-29-18-3-1-2-4-20(18)31/h1-10,12,14,21H,11,13H2,(H2,26,33)(H,28,34). The maximum Gasteiger partial charge on any atom is 0.267 e. The Morgan fingerprint density at radius 3 is 2.59 bits per heavy atom. The van der Waals surface area contributed by atoms with Gasteiger partial charge in [0, 0.05) is 19.2 Å². The summed E-state index contributed by atoms with van der Waals surface area (Å²) in [5.41, 5.74) is 8.76. The maximum atomic E-state index is 13.2. The van der Waals surface area contributed by atoms with Gasteiger partial charge >= 0.3 is 0 Å². The lowest BCUT2D eigenvalue weighted by Gasteiger charge is -2.20. The average molecular weight is 457 g/mol. The summed E-state index contributed by atoms with van der Waals surface area (Å²) in [5.74, 6) is -0.743. The van der Waals surface area contributed by atoms with Gasteiger partial charge in [0.05, 0.1) is 16.7 Å². The van der Waals surface area contributed by atoms with E-state index in [4.69, 9.17) is 5.73 Å². The zero-order chi connectivity index (χ0) is 23.7. The Kier molecular flexibility index (Phi) is 5.46. The third-order valence-corrected chi connectivity index (χ3v) is 5.55. The second-order valence-corrected chi connectivity index (χ2v) is 7.80. The number of primary amides is 1. The van der Waals surface area contributed by atoms with Crippen molar-refractivity contribution in [2.45, 2.75) is 19.0 Å². The number of para-hydroxylation sites is 2. The van der Waals surface area contributed by atoms with Crippen LogP contribution in [-0.4, -0.2) is 38.1 Å². The summed E-state index contributed by atoms with van der Waals surface area (Å²) in [5, 5.41) is 8.42. The van der Waals surface area contributed by atoms with Gasteiger partial charge in [-0.25, -0.2) is 14.4 Å². The molecule has 2 amide bonds. The number of halogens is 1. The number of imidazole rings is 1. The van der Waals surface area contributed by atoms with Gasteiger partial charge in [0.25, 0.3) is 5.91 Å². The van der Waals surface area contributed by atoms with Gasteiger partial charge in [-0.05, 0) is 48.0 Å². The second kappa shape index (κ2) is 8.74. The van der Waals surface area contributed by atoms with Crippen LogP contribution in [0, 0.1) is 5.82 Å². The van der Waals surface area contributed by atoms with Gasteiger partial charge in [0.2, 0.25) is 5.91 Å². The molecule has 1 unspecified atom stereocenters. The van der Waals surface area contributed by atoms with Gasteiger partial charge < -0.3 is 11.1 Å². The van der Waals surface area contributed by atoms with Crippen molar-refractivity contribution in [3.8, 4) is 5.82 Å². The summed E-state index contributed by atoms with van der Waals surface area (Å²) in [7, 11) is 0. The van der Waals surface area contributed by atoms with Crippen LogP contribution < -0.4 is 16.1 Å². The van der Waals surface area contributed by atoms with E-state index in [2.05, 4.69) is 20.4 Å². The summed E-state index contributed by atoms with van der Waals surface area (Å²) in [4.78, 5) is 33.5. The number of carbonyl (C=O) groups excluding carboxylic acids is 2. The molecule has 10 heteroatoms. The average Bonchev–Trinajstić information content (AvgIpc) is 3.49. The number of nitrogens with zero attached hydrogens (tertiary/aromatic N) is 5. The molecule has 0 spiro atoms. The highest BCUT2D eigenvalue weighted by Crippen LogP contribution is 2.25. The Bertz CT molecular complexity index is 1400. The van der Waals surface area contributed by atoms with Crippen molar-refractivity contribution in [1.29, 1.82) is 0 Å². The van der Waals surface area contributed by atoms with Crippen molar-refractivity contribution < 1.29 is 14.0 Å². The fraction of sp³-hybridized carbons (Fsp3) is 0.125. The molecule has 1 aliphatic rings. The molecule has 0 bridgehead atoms. The predicted molar refractivity (Wildman–Crippen MR) is 125 cm³/mol. The van der Waals surface area contributed by atoms with Crippen molar-refractivity contribution in [2.75, 3.05) is 5.01 Å². The highest BCUT2D eigenvalue weighted by atomic mass is 19.1. The normalized spacial score (nSPS) is 15.4. The summed E-state index contributed by atoms with van der Waals surface area (Å²) < 4.78 is 15.1. The van der Waals surface area contributed by atoms with Crippen molar-refractivity contribution in [1.82, 2.24) is 19.9 Å². The van der Waals surface area contributed by atoms with Crippen molar-refractivity contribution in [3.63, 3.8) is 0 Å². The van der Waals surface area contributed by atoms with Gasteiger partial charge in [0.15, 0.2) is 0 Å². The first kappa shape index (κ1) is 21.3. The SMILES string of the molecule is NC(=O)C1CC(C(=O)NCc2ccc(-n3cnc4ccccc43)nc2)=NN1c1ccc(F)cc1. The minimum Gasteiger partial charge on any atom is -0.368 e. The monoisotopic (exact) mass is 457 g/mol. The van der Waals surface area contributed by atoms with Crippen LogP contribution in [0.2, 0.25) is 0 Å². The first-order valence-electron chi connectivity index (χ1n) is 10.6. The largest absolute Gasteiger partial charge is 0.368 e. The Morgan fingerprint density at radius 2 is 1.85 bits per heavy atom. The number of rotatable bonds is 6. The number of fused-ring (bicyclic) bond motifs is 1. The Balaban J connectivity index is 1.27. The van der Waals surface area contributed by atoms with E-state index >= 15 is 0 Å². The molecular weight excluding hydrogens is 437 g/mol. The third kappa shape index (κ3) is 4.08. The van der Waals surface area contributed by atoms with Crippen LogP contribution in [0.1, 0.15) is 12.0 Å². The lowest BCUT2D eigenvalue weighted by Crippen LogP contribution is -2.39. The molecule has 0 aliphatic carbocycles. The van der Waals surface area contributed by atoms with E-state index in [1.54, 1.807) is 12.5 Å². The first-order chi connectivity index (χ1) is 16.5. The molecule has 5 rings (SSSR count). The zero-order valence-corrected chi connectivity index (χ0v) is 17.9. The van der Waals surface area contributed by atoms with Crippen molar-refractivity contribution in [2.24, 2.45) is 10.8 Å². The number of aromatic nitrogens is 3. The predicted octanol–water partition coefficient (Wildman–Crippen LogP) is 2.30. The van der Waals surface area contributed by atoms with Crippen LogP contribution in [0.3, 0.4) is 0 Å². The molecule has 2 aromatic carbocycles. The lowest BCUT2D eigenvalue weighted by molar-refractivity contribution is -0.119. The van der Waals surface area contributed by atoms with Gasteiger partial charge in [-0.3, -0.25) is 19.2 Å². The van der Waals surface area contributed by atoms with E-state index in [-0.39, 0.29) is 18.7 Å². The van der Waals surface area contributed by atoms with E-state index in [0.717, 1.165) is 16.6 Å². The molecule has 1 atom stereocenters. The van der Waals surface area contributed by atoms with E-state index in [0.29, 0.717) is 11.5 Å². The van der Waals surface area contributed by atoms with E-state index in [1.165, 1.54) is 29.3 Å². The maximum absolute atomic E-state index is 13.2. The Morgan fingerprint density at radius 1 is 1.06 bits per heavy atom. The van der Waals surface area contributed by atoms with Gasteiger partial charge in [-0.2, -0.15) is 5.10 Å². The molecular formula is C24H20FN7O2. The van der Waals surface area contributed by atoms with Gasteiger partial charge in [-0.1, -0.05) is 18.2 Å². The molecule has 0 radical (unpaired) electrons. The zero-order valence-electron chi connectivity index (χ0n) is 17.9. The summed E-state index contributed by atoms with van der Waals surface area (Å²) in [6.07, 6.45) is 3.45. The van der Waals surface area contributed by atoms with Crippen LogP contribution >= 0.6 is 0 Å². The number of amides is 2. The van der Waals surface area contributed by atoms with Crippen LogP contribution in [0.25, 0.3) is 16.9 Å². The summed E-state index contributed by atoms with van der Waals surface area (Å²) in [6, 6.07) is 16.1. The fourth-order valence-electron chi connectivity index (χ4n) is 3.79. The molecule has 3 heterocycles. The van der Waals surface area contributed by atoms with Crippen LogP contribution in [0.5, 0.6) is 0 Å². The quantitative estimate of drug-likeness (QED) is 0.461. The highest BCUT2D eigenvalue weighted by molar-refractivity contribution is 6.40. The lowest BCUT2D eigenvalue weighted by atomic mass is 10.1. The van der Waals surface area contributed by atoms with Crippen LogP contribution in [-0.2, 0) is 16.1 Å². The molecule has 1 aliphatic heterocycles. The second-order valence-electron chi connectivity index (χ2n) is 7.80. The number of carbonyl (C=O) groups is 2. The van der Waals surface area contributed by atoms with Crippen LogP contribution in [0.15, 0.2) is 78.3 Å². The van der Waals surface area contributed by atoms with E-state index in [9.17, 15) is 14.0 Å². The number of benzene rings is 2. The molecule has 0 saturated carbocycles. The summed E-state index contributed by atoms with van der Waals surface area (Å²) >= 11 is 0. The number of pyridine rings is 1. The number of hydrazone groups is 1. The van der Waals surface area contributed by atoms with E-state index in [1.807, 2.05) is 41.0 Å². The van der Waals surface area contributed by atoms with Gasteiger partial charge in [-0.15, -0.1) is 0 Å². The van der Waals surface area contributed by atoms with E-state index < -0.39 is 23.7 Å². The number of nitrogens with one attached hydrogen (secondary N) is 1. The first-order valence-corrected chi connectivity index (χ1v) is 10.6. The third-order valence-electron chi connectivity index (χ3n) is 5.55. The minimum absolute atomic E-state index is 0.0590. The molecule has 34 heavy (non-hydrogen) atoms. The number of anilines is 1. The topological polar surface area (TPSA) is 118 Å². The molecule has 3 N–H and O–H groups in total. The van der Waals surface area contributed by atoms with Crippen molar-refractivity contribution in [3.05, 3.63) is 84.6 Å². The molecule has 2 aromatic heterocycles. The smallest absolute Gasteiger partial charge is 0.267 e. The molecule has 0 fully saturated rings. The Labute approximate surface area is 193 Å². The van der Waals surface area contributed by atoms with Crippen molar-refractivity contribution >= 4 is 34.2 Å². The van der Waals surface area contributed by atoms with Gasteiger partial charge in [0.1, 0.15) is 29.7 Å². The molecule has 4 aromatic rings. The fourth-order valence-corrected chi connectivity index (χ4v) is 3.79. The van der Waals surface area contributed by atoms with Crippen LogP contribution in [0.4, 0.5) is 10.1 Å². The highest BCUT2D eigenvalue weighted by Gasteiger charge is 2.34. The number of hydrogen-bond acceptors (Lipinski definition) is 6. The molecule has 170 valence electrons. The number of hydrogen-bond donors (Lipinski definition) is 2. The minimum atomic E-state index is -0.822. The number of nitrogens with two attached hydrogens (primary N) is 1. The summed E-state index contributed by atoms with van der Waals surface area (Å²) in [6.45, 7) is 0.230.